The van der Waals surface area contributed by atoms with Gasteiger partial charge in [0.1, 0.15) is 17.3 Å². The minimum Gasteiger partial charge on any atom is -0.497 e. The third kappa shape index (κ3) is 3.51. The molecular weight excluding hydrogens is 306 g/mol. The lowest BCUT2D eigenvalue weighted by Crippen LogP contribution is -2.35. The summed E-state index contributed by atoms with van der Waals surface area (Å²) < 4.78 is 10.6. The van der Waals surface area contributed by atoms with Gasteiger partial charge < -0.3 is 26.3 Å². The minimum atomic E-state index is 0.270. The van der Waals surface area contributed by atoms with E-state index in [1.165, 1.54) is 0 Å². The number of anilines is 2. The number of nitrogen functional groups attached to an aromatic ring is 1. The van der Waals surface area contributed by atoms with Crippen molar-refractivity contribution in [2.45, 2.75) is 31.3 Å². The maximum atomic E-state index is 5.86. The highest BCUT2D eigenvalue weighted by Gasteiger charge is 2.29. The topological polar surface area (TPSA) is 108 Å². The molecule has 0 saturated heterocycles. The predicted molar refractivity (Wildman–Crippen MR) is 93.3 cm³/mol. The summed E-state index contributed by atoms with van der Waals surface area (Å²) in [6, 6.07) is 7.93. The number of benzene rings is 1. The molecule has 1 aromatic carbocycles. The zero-order valence-electron chi connectivity index (χ0n) is 14.0. The Kier molecular flexibility index (Phi) is 4.71. The average Bonchev–Trinajstić information content (AvgIpc) is 2.56. The summed E-state index contributed by atoms with van der Waals surface area (Å²) in [6.45, 7) is 0.563. The monoisotopic (exact) mass is 329 g/mol. The first-order chi connectivity index (χ1) is 11.6. The van der Waals surface area contributed by atoms with Gasteiger partial charge in [0, 0.05) is 36.2 Å². The molecule has 0 amide bonds. The lowest BCUT2D eigenvalue weighted by Gasteiger charge is -2.32. The highest BCUT2D eigenvalue weighted by molar-refractivity contribution is 5.46. The van der Waals surface area contributed by atoms with Crippen LogP contribution >= 0.6 is 0 Å². The summed E-state index contributed by atoms with van der Waals surface area (Å²) in [5.74, 6) is 2.87. The highest BCUT2D eigenvalue weighted by atomic mass is 16.5. The van der Waals surface area contributed by atoms with Gasteiger partial charge in [-0.05, 0) is 25.0 Å². The molecule has 5 N–H and O–H groups in total. The quantitative estimate of drug-likeness (QED) is 0.742. The lowest BCUT2D eigenvalue weighted by molar-refractivity contribution is 0.345. The SMILES string of the molecule is COc1ccc(CNc2cc(C3CC(N)C3)nc(N)n2)c(OC)c1. The van der Waals surface area contributed by atoms with Crippen LogP contribution in [0.2, 0.25) is 0 Å². The van der Waals surface area contributed by atoms with Gasteiger partial charge in [-0.25, -0.2) is 4.98 Å². The van der Waals surface area contributed by atoms with E-state index in [9.17, 15) is 0 Å². The summed E-state index contributed by atoms with van der Waals surface area (Å²) in [6.07, 6.45) is 1.89. The number of nitrogens with two attached hydrogens (primary N) is 2. The van der Waals surface area contributed by atoms with Crippen molar-refractivity contribution in [2.75, 3.05) is 25.3 Å². The Morgan fingerprint density at radius 3 is 2.62 bits per heavy atom. The Morgan fingerprint density at radius 2 is 1.96 bits per heavy atom. The van der Waals surface area contributed by atoms with Crippen molar-refractivity contribution in [3.63, 3.8) is 0 Å². The van der Waals surface area contributed by atoms with Crippen molar-refractivity contribution < 1.29 is 9.47 Å². The van der Waals surface area contributed by atoms with Gasteiger partial charge in [0.15, 0.2) is 0 Å². The Hall–Kier alpha value is -2.54. The summed E-state index contributed by atoms with van der Waals surface area (Å²) >= 11 is 0. The van der Waals surface area contributed by atoms with E-state index in [0.29, 0.717) is 18.3 Å². The molecule has 7 nitrogen and oxygen atoms in total. The highest BCUT2D eigenvalue weighted by Crippen LogP contribution is 2.35. The second-order valence-corrected chi connectivity index (χ2v) is 6.00. The summed E-state index contributed by atoms with van der Waals surface area (Å²) in [7, 11) is 3.27. The van der Waals surface area contributed by atoms with Crippen LogP contribution in [0.5, 0.6) is 11.5 Å². The second-order valence-electron chi connectivity index (χ2n) is 6.00. The molecule has 1 aromatic heterocycles. The third-order valence-corrected chi connectivity index (χ3v) is 4.31. The molecule has 1 heterocycles. The number of nitrogens with one attached hydrogen (secondary N) is 1. The zero-order chi connectivity index (χ0) is 17.1. The smallest absolute Gasteiger partial charge is 0.222 e. The first-order valence-corrected chi connectivity index (χ1v) is 7.94. The number of hydrogen-bond donors (Lipinski definition) is 3. The number of rotatable bonds is 6. The fourth-order valence-electron chi connectivity index (χ4n) is 2.87. The molecule has 24 heavy (non-hydrogen) atoms. The van der Waals surface area contributed by atoms with Gasteiger partial charge in [-0.15, -0.1) is 0 Å². The van der Waals surface area contributed by atoms with Gasteiger partial charge in [-0.1, -0.05) is 0 Å². The van der Waals surface area contributed by atoms with E-state index < -0.39 is 0 Å². The normalized spacial score (nSPS) is 19.5. The van der Waals surface area contributed by atoms with Gasteiger partial charge in [-0.2, -0.15) is 4.98 Å². The Balaban J connectivity index is 1.72. The van der Waals surface area contributed by atoms with E-state index in [2.05, 4.69) is 15.3 Å². The molecule has 0 aliphatic heterocycles. The van der Waals surface area contributed by atoms with Crippen LogP contribution in [-0.4, -0.2) is 30.2 Å². The molecule has 7 heteroatoms. The molecule has 0 atom stereocenters. The predicted octanol–water partition coefficient (Wildman–Crippen LogP) is 1.89. The van der Waals surface area contributed by atoms with Crippen molar-refractivity contribution in [3.05, 3.63) is 35.5 Å². The Labute approximate surface area is 141 Å². The summed E-state index contributed by atoms with van der Waals surface area (Å²) in [4.78, 5) is 8.59. The van der Waals surface area contributed by atoms with Crippen LogP contribution < -0.4 is 26.3 Å². The van der Waals surface area contributed by atoms with Crippen LogP contribution in [0.25, 0.3) is 0 Å². The van der Waals surface area contributed by atoms with Crippen LogP contribution in [0.3, 0.4) is 0 Å². The van der Waals surface area contributed by atoms with E-state index in [1.54, 1.807) is 14.2 Å². The van der Waals surface area contributed by atoms with Gasteiger partial charge in [0.2, 0.25) is 5.95 Å². The van der Waals surface area contributed by atoms with E-state index >= 15 is 0 Å². The van der Waals surface area contributed by atoms with Gasteiger partial charge in [0.25, 0.3) is 0 Å². The molecule has 0 bridgehead atoms. The molecule has 2 aromatic rings. The van der Waals surface area contributed by atoms with Crippen molar-refractivity contribution in [1.82, 2.24) is 9.97 Å². The van der Waals surface area contributed by atoms with Crippen molar-refractivity contribution in [3.8, 4) is 11.5 Å². The molecule has 128 valence electrons. The van der Waals surface area contributed by atoms with Crippen LogP contribution in [0.1, 0.15) is 30.0 Å². The van der Waals surface area contributed by atoms with Gasteiger partial charge >= 0.3 is 0 Å². The molecule has 1 aliphatic carbocycles. The second kappa shape index (κ2) is 6.92. The standard InChI is InChI=1S/C17H23N5O2/c1-23-13-4-3-10(15(7-13)24-2)9-20-16-8-14(21-17(19)22-16)11-5-12(18)6-11/h3-4,7-8,11-12H,5-6,9,18H2,1-2H3,(H3,19,20,21,22). The molecule has 1 aliphatic rings. The summed E-state index contributed by atoms with van der Waals surface area (Å²) in [5, 5.41) is 3.29. The number of nitrogens with zero attached hydrogens (tertiary/aromatic N) is 2. The number of methoxy groups -OCH3 is 2. The Morgan fingerprint density at radius 1 is 1.17 bits per heavy atom. The summed E-state index contributed by atoms with van der Waals surface area (Å²) in [5.41, 5.74) is 13.7. The van der Waals surface area contributed by atoms with E-state index in [-0.39, 0.29) is 12.0 Å². The average molecular weight is 329 g/mol. The molecule has 1 saturated carbocycles. The van der Waals surface area contributed by atoms with E-state index in [0.717, 1.165) is 35.6 Å². The first-order valence-electron chi connectivity index (χ1n) is 7.94. The molecular formula is C17H23N5O2. The minimum absolute atomic E-state index is 0.270. The van der Waals surface area contributed by atoms with Crippen LogP contribution in [0.15, 0.2) is 24.3 Å². The first kappa shape index (κ1) is 16.3. The number of hydrogen-bond acceptors (Lipinski definition) is 7. The fourth-order valence-corrected chi connectivity index (χ4v) is 2.87. The zero-order valence-corrected chi connectivity index (χ0v) is 14.0. The molecule has 0 unspecified atom stereocenters. The molecule has 3 rings (SSSR count). The maximum absolute atomic E-state index is 5.86. The molecule has 0 spiro atoms. The van der Waals surface area contributed by atoms with Crippen molar-refractivity contribution >= 4 is 11.8 Å². The van der Waals surface area contributed by atoms with Crippen LogP contribution in [0, 0.1) is 0 Å². The third-order valence-electron chi connectivity index (χ3n) is 4.31. The van der Waals surface area contributed by atoms with E-state index in [1.807, 2.05) is 24.3 Å². The molecule has 0 radical (unpaired) electrons. The van der Waals surface area contributed by atoms with E-state index in [4.69, 9.17) is 20.9 Å². The number of ether oxygens (including phenoxy) is 2. The van der Waals surface area contributed by atoms with Crippen LogP contribution in [-0.2, 0) is 6.54 Å². The maximum Gasteiger partial charge on any atom is 0.222 e. The van der Waals surface area contributed by atoms with Gasteiger partial charge in [0.05, 0.1) is 19.9 Å². The van der Waals surface area contributed by atoms with Gasteiger partial charge in [-0.3, -0.25) is 0 Å². The Bertz CT molecular complexity index is 716. The fraction of sp³-hybridized carbons (Fsp3) is 0.412. The van der Waals surface area contributed by atoms with Crippen molar-refractivity contribution in [2.24, 2.45) is 5.73 Å². The van der Waals surface area contributed by atoms with Crippen LogP contribution in [0.4, 0.5) is 11.8 Å². The van der Waals surface area contributed by atoms with Crippen molar-refractivity contribution in [1.29, 1.82) is 0 Å². The molecule has 1 fully saturated rings. The number of aromatic nitrogens is 2. The lowest BCUT2D eigenvalue weighted by atomic mass is 9.78. The largest absolute Gasteiger partial charge is 0.497 e.